The molecule has 6 heteroatoms. The minimum absolute atomic E-state index is 0.215. The Morgan fingerprint density at radius 2 is 2.14 bits per heavy atom. The van der Waals surface area contributed by atoms with Gasteiger partial charge in [-0.1, -0.05) is 30.3 Å². The summed E-state index contributed by atoms with van der Waals surface area (Å²) in [6.07, 6.45) is 1.61. The number of carbonyl (C=O) groups is 2. The molecule has 0 spiro atoms. The predicted octanol–water partition coefficient (Wildman–Crippen LogP) is 1.66. The number of benzene rings is 1. The fourth-order valence-electron chi connectivity index (χ4n) is 1.96. The Hall–Kier alpha value is -2.34. The zero-order valence-electron chi connectivity index (χ0n) is 11.5. The van der Waals surface area contributed by atoms with Gasteiger partial charge in [0.15, 0.2) is 0 Å². The predicted molar refractivity (Wildman–Crippen MR) is 74.7 cm³/mol. The Bertz CT molecular complexity index is 514. The third kappa shape index (κ3) is 4.92. The smallest absolute Gasteiger partial charge is 0.410 e. The van der Waals surface area contributed by atoms with Crippen molar-refractivity contribution in [2.75, 3.05) is 19.7 Å². The van der Waals surface area contributed by atoms with Gasteiger partial charge in [-0.15, -0.1) is 0 Å². The van der Waals surface area contributed by atoms with Crippen molar-refractivity contribution in [2.24, 2.45) is 0 Å². The molecule has 0 radical (unpaired) electrons. The molecule has 0 saturated carbocycles. The number of carboxylic acids is 1. The van der Waals surface area contributed by atoms with Crippen molar-refractivity contribution in [3.05, 3.63) is 48.0 Å². The van der Waals surface area contributed by atoms with E-state index in [1.165, 1.54) is 11.0 Å². The lowest BCUT2D eigenvalue weighted by atomic mass is 10.2. The molecule has 6 nitrogen and oxygen atoms in total. The summed E-state index contributed by atoms with van der Waals surface area (Å²) in [7, 11) is 0. The van der Waals surface area contributed by atoms with Gasteiger partial charge in [-0.3, -0.25) is 0 Å². The van der Waals surface area contributed by atoms with E-state index in [9.17, 15) is 9.59 Å². The summed E-state index contributed by atoms with van der Waals surface area (Å²) < 4.78 is 10.6. The van der Waals surface area contributed by atoms with Crippen LogP contribution in [-0.4, -0.2) is 47.9 Å². The molecule has 1 atom stereocenters. The van der Waals surface area contributed by atoms with Crippen molar-refractivity contribution in [1.82, 2.24) is 4.90 Å². The Morgan fingerprint density at radius 1 is 1.38 bits per heavy atom. The molecule has 1 fully saturated rings. The highest BCUT2D eigenvalue weighted by molar-refractivity contribution is 5.79. The van der Waals surface area contributed by atoms with Crippen LogP contribution in [0.25, 0.3) is 0 Å². The van der Waals surface area contributed by atoms with Crippen LogP contribution in [0.1, 0.15) is 5.56 Å². The van der Waals surface area contributed by atoms with E-state index >= 15 is 0 Å². The molecule has 0 aromatic heterocycles. The van der Waals surface area contributed by atoms with Crippen LogP contribution in [0.4, 0.5) is 4.79 Å². The zero-order chi connectivity index (χ0) is 15.1. The molecule has 2 rings (SSSR count). The highest BCUT2D eigenvalue weighted by atomic mass is 16.6. The van der Waals surface area contributed by atoms with Gasteiger partial charge in [-0.25, -0.2) is 9.59 Å². The lowest BCUT2D eigenvalue weighted by Gasteiger charge is -2.30. The van der Waals surface area contributed by atoms with Gasteiger partial charge in [0.1, 0.15) is 6.61 Å². The van der Waals surface area contributed by atoms with E-state index in [0.29, 0.717) is 13.2 Å². The third-order valence-corrected chi connectivity index (χ3v) is 3.01. The molecule has 1 heterocycles. The van der Waals surface area contributed by atoms with Gasteiger partial charge in [0, 0.05) is 12.6 Å². The number of morpholine rings is 1. The first-order chi connectivity index (χ1) is 10.1. The van der Waals surface area contributed by atoms with Crippen LogP contribution in [0.2, 0.25) is 0 Å². The normalized spacial score (nSPS) is 18.7. The topological polar surface area (TPSA) is 76.1 Å². The molecular weight excluding hydrogens is 274 g/mol. The molecule has 1 N–H and O–H groups in total. The largest absolute Gasteiger partial charge is 0.478 e. The van der Waals surface area contributed by atoms with E-state index < -0.39 is 18.2 Å². The Balaban J connectivity index is 1.83. The summed E-state index contributed by atoms with van der Waals surface area (Å²) in [5.74, 6) is -1.04. The number of carbonyl (C=O) groups excluding carboxylic acids is 1. The van der Waals surface area contributed by atoms with Gasteiger partial charge < -0.3 is 19.5 Å². The van der Waals surface area contributed by atoms with Crippen LogP contribution < -0.4 is 0 Å². The SMILES string of the molecule is O=C(O)/C=C/C1CN(C(=O)OCc2ccccc2)CCO1. The summed E-state index contributed by atoms with van der Waals surface area (Å²) in [6.45, 7) is 1.30. The van der Waals surface area contributed by atoms with E-state index in [1.54, 1.807) is 0 Å². The molecule has 1 aromatic rings. The van der Waals surface area contributed by atoms with Crippen LogP contribution in [0.5, 0.6) is 0 Å². The van der Waals surface area contributed by atoms with Crippen molar-refractivity contribution < 1.29 is 24.2 Å². The van der Waals surface area contributed by atoms with Crippen LogP contribution in [0.3, 0.4) is 0 Å². The molecule has 1 unspecified atom stereocenters. The third-order valence-electron chi connectivity index (χ3n) is 3.01. The second-order valence-corrected chi connectivity index (χ2v) is 4.59. The zero-order valence-corrected chi connectivity index (χ0v) is 11.5. The Labute approximate surface area is 122 Å². The number of aliphatic carboxylic acids is 1. The molecule has 1 aliphatic rings. The number of carboxylic acid groups (broad SMARTS) is 1. The molecule has 1 saturated heterocycles. The first kappa shape index (κ1) is 15.1. The Kier molecular flexibility index (Phi) is 5.34. The van der Waals surface area contributed by atoms with Gasteiger partial charge >= 0.3 is 12.1 Å². The van der Waals surface area contributed by atoms with Crippen LogP contribution in [0.15, 0.2) is 42.5 Å². The minimum atomic E-state index is -1.04. The highest BCUT2D eigenvalue weighted by Gasteiger charge is 2.23. The maximum absolute atomic E-state index is 12.0. The van der Waals surface area contributed by atoms with E-state index in [0.717, 1.165) is 11.6 Å². The van der Waals surface area contributed by atoms with Gasteiger partial charge in [-0.2, -0.15) is 0 Å². The monoisotopic (exact) mass is 291 g/mol. The quantitative estimate of drug-likeness (QED) is 0.854. The Morgan fingerprint density at radius 3 is 2.86 bits per heavy atom. The average Bonchev–Trinajstić information content (AvgIpc) is 2.52. The van der Waals surface area contributed by atoms with Gasteiger partial charge in [0.2, 0.25) is 0 Å². The number of nitrogens with zero attached hydrogens (tertiary/aromatic N) is 1. The first-order valence-electron chi connectivity index (χ1n) is 6.63. The van der Waals surface area contributed by atoms with Gasteiger partial charge in [-0.05, 0) is 11.6 Å². The molecule has 0 aliphatic carbocycles. The van der Waals surface area contributed by atoms with Gasteiger partial charge in [0.25, 0.3) is 0 Å². The maximum atomic E-state index is 12.0. The summed E-state index contributed by atoms with van der Waals surface area (Å²) in [5, 5.41) is 8.58. The van der Waals surface area contributed by atoms with Crippen molar-refractivity contribution in [1.29, 1.82) is 0 Å². The lowest BCUT2D eigenvalue weighted by molar-refractivity contribution is -0.131. The number of hydrogen-bond donors (Lipinski definition) is 1. The number of ether oxygens (including phenoxy) is 2. The van der Waals surface area contributed by atoms with Crippen molar-refractivity contribution in [3.63, 3.8) is 0 Å². The molecule has 1 amide bonds. The minimum Gasteiger partial charge on any atom is -0.478 e. The summed E-state index contributed by atoms with van der Waals surface area (Å²) >= 11 is 0. The van der Waals surface area contributed by atoms with E-state index in [1.807, 2.05) is 30.3 Å². The lowest BCUT2D eigenvalue weighted by Crippen LogP contribution is -2.45. The second-order valence-electron chi connectivity index (χ2n) is 4.59. The fourth-order valence-corrected chi connectivity index (χ4v) is 1.96. The molecule has 1 aromatic carbocycles. The molecular formula is C15H17NO5. The number of amides is 1. The molecule has 1 aliphatic heterocycles. The van der Waals surface area contributed by atoms with Gasteiger partial charge in [0.05, 0.1) is 19.3 Å². The fraction of sp³-hybridized carbons (Fsp3) is 0.333. The van der Waals surface area contributed by atoms with E-state index in [4.69, 9.17) is 14.6 Å². The highest BCUT2D eigenvalue weighted by Crippen LogP contribution is 2.09. The molecule has 112 valence electrons. The summed E-state index contributed by atoms with van der Waals surface area (Å²) in [4.78, 5) is 23.9. The van der Waals surface area contributed by atoms with Crippen molar-refractivity contribution in [3.8, 4) is 0 Å². The van der Waals surface area contributed by atoms with Crippen LogP contribution in [0, 0.1) is 0 Å². The first-order valence-corrected chi connectivity index (χ1v) is 6.63. The molecule has 21 heavy (non-hydrogen) atoms. The van der Waals surface area contributed by atoms with Crippen LogP contribution in [-0.2, 0) is 20.9 Å². The number of hydrogen-bond acceptors (Lipinski definition) is 4. The number of rotatable bonds is 4. The van der Waals surface area contributed by atoms with Crippen LogP contribution >= 0.6 is 0 Å². The standard InChI is InChI=1S/C15H17NO5/c17-14(18)7-6-13-10-16(8-9-20-13)15(19)21-11-12-4-2-1-3-5-12/h1-7,13H,8-11H2,(H,17,18)/b7-6+. The van der Waals surface area contributed by atoms with Crippen molar-refractivity contribution in [2.45, 2.75) is 12.7 Å². The van der Waals surface area contributed by atoms with Crippen molar-refractivity contribution >= 4 is 12.1 Å². The van der Waals surface area contributed by atoms with E-state index in [-0.39, 0.29) is 13.2 Å². The van der Waals surface area contributed by atoms with E-state index in [2.05, 4.69) is 0 Å². The summed E-state index contributed by atoms with van der Waals surface area (Å²) in [5.41, 5.74) is 0.918. The second kappa shape index (κ2) is 7.44. The maximum Gasteiger partial charge on any atom is 0.410 e. The average molecular weight is 291 g/mol. The summed E-state index contributed by atoms with van der Waals surface area (Å²) in [6, 6.07) is 9.41. The molecule has 0 bridgehead atoms.